The molecule has 112 valence electrons. The third-order valence-electron chi connectivity index (χ3n) is 3.38. The van der Waals surface area contributed by atoms with E-state index in [0.717, 1.165) is 31.0 Å². The average Bonchev–Trinajstić information content (AvgIpc) is 2.84. The van der Waals surface area contributed by atoms with Crippen molar-refractivity contribution in [2.24, 2.45) is 0 Å². The lowest BCUT2D eigenvalue weighted by atomic mass is 10.2. The van der Waals surface area contributed by atoms with Crippen molar-refractivity contribution in [2.75, 3.05) is 24.6 Å². The summed E-state index contributed by atoms with van der Waals surface area (Å²) in [6.07, 6.45) is 5.53. The second-order valence-electron chi connectivity index (χ2n) is 5.14. The molecule has 7 heteroatoms. The molecule has 0 spiro atoms. The van der Waals surface area contributed by atoms with Gasteiger partial charge in [-0.25, -0.2) is 4.98 Å². The summed E-state index contributed by atoms with van der Waals surface area (Å²) >= 11 is 12.1. The third-order valence-corrected chi connectivity index (χ3v) is 3.86. The molecule has 1 saturated heterocycles. The molecule has 0 unspecified atom stereocenters. The van der Waals surface area contributed by atoms with Crippen LogP contribution in [0.15, 0.2) is 24.7 Å². The topological polar surface area (TPSA) is 43.2 Å². The normalized spacial score (nSPS) is 19.0. The summed E-state index contributed by atoms with van der Waals surface area (Å²) in [5.74, 6) is 0.756. The summed E-state index contributed by atoms with van der Waals surface area (Å²) in [4.78, 5) is 6.46. The molecule has 1 aliphatic rings. The first-order chi connectivity index (χ1) is 10.1. The van der Waals surface area contributed by atoms with E-state index in [2.05, 4.69) is 15.0 Å². The number of ether oxygens (including phenoxy) is 1. The molecule has 0 N–H and O–H groups in total. The number of morpholine rings is 1. The van der Waals surface area contributed by atoms with Crippen LogP contribution in [0.25, 0.3) is 0 Å². The summed E-state index contributed by atoms with van der Waals surface area (Å²) in [5.41, 5.74) is 1.14. The minimum Gasteiger partial charge on any atom is -0.373 e. The van der Waals surface area contributed by atoms with Crippen molar-refractivity contribution >= 4 is 29.0 Å². The molecule has 1 atom stereocenters. The Hall–Kier alpha value is -1.30. The van der Waals surface area contributed by atoms with Gasteiger partial charge in [0.25, 0.3) is 0 Å². The van der Waals surface area contributed by atoms with Gasteiger partial charge in [0, 0.05) is 25.5 Å². The molecule has 5 nitrogen and oxygen atoms in total. The van der Waals surface area contributed by atoms with Crippen molar-refractivity contribution in [2.45, 2.75) is 19.6 Å². The fraction of sp³-hybridized carbons (Fsp3) is 0.429. The lowest BCUT2D eigenvalue weighted by molar-refractivity contribution is 0.0272. The number of pyridine rings is 1. The van der Waals surface area contributed by atoms with E-state index in [0.29, 0.717) is 16.7 Å². The van der Waals surface area contributed by atoms with Gasteiger partial charge in [-0.05, 0) is 18.6 Å². The standard InChI is InChI=1S/C14H16Cl2N4O/c1-10-5-18-20(7-10)9-12-8-19(2-3-21-12)14-13(16)4-11(15)6-17-14/h4-7,12H,2-3,8-9H2,1H3/t12-/m0/s1. The summed E-state index contributed by atoms with van der Waals surface area (Å²) in [6, 6.07) is 1.72. The molecule has 1 aliphatic heterocycles. The highest BCUT2D eigenvalue weighted by atomic mass is 35.5. The quantitative estimate of drug-likeness (QED) is 0.869. The highest BCUT2D eigenvalue weighted by Crippen LogP contribution is 2.27. The van der Waals surface area contributed by atoms with Crippen molar-refractivity contribution in [1.29, 1.82) is 0 Å². The molecule has 2 aromatic rings. The fourth-order valence-corrected chi connectivity index (χ4v) is 2.94. The van der Waals surface area contributed by atoms with Crippen molar-refractivity contribution in [3.05, 3.63) is 40.3 Å². The van der Waals surface area contributed by atoms with Crippen LogP contribution < -0.4 is 4.90 Å². The molecule has 2 aromatic heterocycles. The number of hydrogen-bond donors (Lipinski definition) is 0. The number of hydrogen-bond acceptors (Lipinski definition) is 4. The molecule has 0 amide bonds. The molecule has 0 bridgehead atoms. The van der Waals surface area contributed by atoms with E-state index in [-0.39, 0.29) is 6.10 Å². The molecule has 0 saturated carbocycles. The molecule has 21 heavy (non-hydrogen) atoms. The number of aryl methyl sites for hydroxylation is 1. The maximum Gasteiger partial charge on any atom is 0.147 e. The zero-order valence-corrected chi connectivity index (χ0v) is 13.2. The summed E-state index contributed by atoms with van der Waals surface area (Å²) in [6.45, 7) is 4.88. The number of anilines is 1. The van der Waals surface area contributed by atoms with E-state index >= 15 is 0 Å². The van der Waals surface area contributed by atoms with Crippen LogP contribution in [0.5, 0.6) is 0 Å². The number of nitrogens with zero attached hydrogens (tertiary/aromatic N) is 4. The van der Waals surface area contributed by atoms with Gasteiger partial charge in [-0.1, -0.05) is 23.2 Å². The van der Waals surface area contributed by atoms with E-state index in [4.69, 9.17) is 27.9 Å². The van der Waals surface area contributed by atoms with Gasteiger partial charge in [0.2, 0.25) is 0 Å². The summed E-state index contributed by atoms with van der Waals surface area (Å²) < 4.78 is 7.71. The van der Waals surface area contributed by atoms with Gasteiger partial charge < -0.3 is 9.64 Å². The third kappa shape index (κ3) is 3.48. The van der Waals surface area contributed by atoms with Crippen LogP contribution in [0.1, 0.15) is 5.56 Å². The van der Waals surface area contributed by atoms with Gasteiger partial charge in [-0.15, -0.1) is 0 Å². The Kier molecular flexibility index (Phi) is 4.33. The molecular weight excluding hydrogens is 311 g/mol. The van der Waals surface area contributed by atoms with E-state index < -0.39 is 0 Å². The SMILES string of the molecule is Cc1cnn(C[C@@H]2CN(c3ncc(Cl)cc3Cl)CCO2)c1. The number of halogens is 2. The Morgan fingerprint density at radius 2 is 2.24 bits per heavy atom. The first-order valence-corrected chi connectivity index (χ1v) is 7.54. The molecule has 0 radical (unpaired) electrons. The summed E-state index contributed by atoms with van der Waals surface area (Å²) in [5, 5.41) is 5.41. The molecular formula is C14H16Cl2N4O. The maximum absolute atomic E-state index is 6.23. The Morgan fingerprint density at radius 1 is 1.38 bits per heavy atom. The first-order valence-electron chi connectivity index (χ1n) is 6.78. The molecule has 1 fully saturated rings. The fourth-order valence-electron chi connectivity index (χ4n) is 2.44. The van der Waals surface area contributed by atoms with Crippen LogP contribution in [-0.2, 0) is 11.3 Å². The van der Waals surface area contributed by atoms with Crippen LogP contribution in [0.3, 0.4) is 0 Å². The monoisotopic (exact) mass is 326 g/mol. The van der Waals surface area contributed by atoms with Gasteiger partial charge in [0.05, 0.1) is 35.5 Å². The molecule has 3 heterocycles. The van der Waals surface area contributed by atoms with Crippen molar-refractivity contribution < 1.29 is 4.74 Å². The molecule has 3 rings (SSSR count). The lowest BCUT2D eigenvalue weighted by Gasteiger charge is -2.34. The minimum atomic E-state index is 0.0617. The Morgan fingerprint density at radius 3 is 2.95 bits per heavy atom. The van der Waals surface area contributed by atoms with Gasteiger partial charge >= 0.3 is 0 Å². The van der Waals surface area contributed by atoms with Gasteiger partial charge in [-0.3, -0.25) is 4.68 Å². The average molecular weight is 327 g/mol. The van der Waals surface area contributed by atoms with E-state index in [1.807, 2.05) is 24.0 Å². The van der Waals surface area contributed by atoms with Crippen LogP contribution in [-0.4, -0.2) is 40.6 Å². The Labute approximate surface area is 133 Å². The Bertz CT molecular complexity index is 631. The van der Waals surface area contributed by atoms with Crippen LogP contribution in [0.4, 0.5) is 5.82 Å². The largest absolute Gasteiger partial charge is 0.373 e. The van der Waals surface area contributed by atoms with Crippen LogP contribution >= 0.6 is 23.2 Å². The maximum atomic E-state index is 6.23. The van der Waals surface area contributed by atoms with Crippen molar-refractivity contribution in [1.82, 2.24) is 14.8 Å². The van der Waals surface area contributed by atoms with Crippen molar-refractivity contribution in [3.63, 3.8) is 0 Å². The van der Waals surface area contributed by atoms with Gasteiger partial charge in [0.15, 0.2) is 0 Å². The zero-order chi connectivity index (χ0) is 14.8. The first kappa shape index (κ1) is 14.6. The zero-order valence-electron chi connectivity index (χ0n) is 11.7. The van der Waals surface area contributed by atoms with E-state index in [9.17, 15) is 0 Å². The van der Waals surface area contributed by atoms with Crippen LogP contribution in [0, 0.1) is 6.92 Å². The predicted octanol–water partition coefficient (Wildman–Crippen LogP) is 2.80. The van der Waals surface area contributed by atoms with E-state index in [1.54, 1.807) is 12.3 Å². The van der Waals surface area contributed by atoms with Gasteiger partial charge in [0.1, 0.15) is 5.82 Å². The van der Waals surface area contributed by atoms with E-state index in [1.165, 1.54) is 0 Å². The smallest absolute Gasteiger partial charge is 0.147 e. The highest BCUT2D eigenvalue weighted by Gasteiger charge is 2.23. The summed E-state index contributed by atoms with van der Waals surface area (Å²) in [7, 11) is 0. The number of rotatable bonds is 3. The Balaban J connectivity index is 1.70. The number of aromatic nitrogens is 3. The predicted molar refractivity (Wildman–Crippen MR) is 83.2 cm³/mol. The lowest BCUT2D eigenvalue weighted by Crippen LogP contribution is -2.44. The van der Waals surface area contributed by atoms with Crippen molar-refractivity contribution in [3.8, 4) is 0 Å². The van der Waals surface area contributed by atoms with Crippen LogP contribution in [0.2, 0.25) is 10.0 Å². The molecule has 0 aromatic carbocycles. The second-order valence-corrected chi connectivity index (χ2v) is 5.98. The second kappa shape index (κ2) is 6.22. The van der Waals surface area contributed by atoms with Gasteiger partial charge in [-0.2, -0.15) is 5.10 Å². The highest BCUT2D eigenvalue weighted by molar-refractivity contribution is 6.36. The minimum absolute atomic E-state index is 0.0617. The molecule has 0 aliphatic carbocycles.